The Kier molecular flexibility index (Phi) is 5.70. The van der Waals surface area contributed by atoms with Gasteiger partial charge in [0.05, 0.1) is 10.0 Å². The topological polar surface area (TPSA) is 66.3 Å². The number of allylic oxidation sites excluding steroid dienone is 1. The Morgan fingerprint density at radius 3 is 2.46 bits per heavy atom. The van der Waals surface area contributed by atoms with E-state index in [2.05, 4.69) is 55.6 Å². The Morgan fingerprint density at radius 2 is 1.76 bits per heavy atom. The van der Waals surface area contributed by atoms with E-state index in [9.17, 15) is 0 Å². The molecule has 0 unspecified atom stereocenters. The van der Waals surface area contributed by atoms with E-state index < -0.39 is 0 Å². The summed E-state index contributed by atoms with van der Waals surface area (Å²) in [4.78, 5) is 6.86. The van der Waals surface area contributed by atoms with E-state index in [1.165, 1.54) is 24.1 Å². The molecule has 0 atom stereocenters. The van der Waals surface area contributed by atoms with Gasteiger partial charge in [0.25, 0.3) is 0 Å². The van der Waals surface area contributed by atoms with Crippen LogP contribution >= 0.6 is 23.2 Å². The van der Waals surface area contributed by atoms with Crippen LogP contribution in [0, 0.1) is 5.41 Å². The van der Waals surface area contributed by atoms with E-state index in [1.54, 1.807) is 0 Å². The van der Waals surface area contributed by atoms with Crippen LogP contribution in [0.25, 0.3) is 17.3 Å². The summed E-state index contributed by atoms with van der Waals surface area (Å²) in [7, 11) is 0. The molecule has 7 rings (SSSR count). The average molecular weight is 532 g/mol. The van der Waals surface area contributed by atoms with Crippen molar-refractivity contribution in [2.24, 2.45) is 20.6 Å². The third kappa shape index (κ3) is 4.30. The smallest absolute Gasteiger partial charge is 0.178 e. The molecule has 2 saturated carbocycles. The van der Waals surface area contributed by atoms with Gasteiger partial charge < -0.3 is 9.42 Å². The number of amidine groups is 1. The normalized spacial score (nSPS) is 20.3. The second kappa shape index (κ2) is 9.10. The van der Waals surface area contributed by atoms with Gasteiger partial charge >= 0.3 is 0 Å². The fourth-order valence-electron chi connectivity index (χ4n) is 6.02. The van der Waals surface area contributed by atoms with Crippen LogP contribution in [0.2, 0.25) is 10.0 Å². The molecule has 0 amide bonds. The van der Waals surface area contributed by atoms with Crippen LogP contribution in [0.4, 0.5) is 5.69 Å². The third-order valence-corrected chi connectivity index (χ3v) is 8.83. The Morgan fingerprint density at radius 1 is 1.00 bits per heavy atom. The summed E-state index contributed by atoms with van der Waals surface area (Å²) in [6.45, 7) is 2.56. The van der Waals surface area contributed by atoms with Crippen LogP contribution in [0.5, 0.6) is 0 Å². The van der Waals surface area contributed by atoms with Crippen molar-refractivity contribution in [3.63, 3.8) is 0 Å². The van der Waals surface area contributed by atoms with E-state index >= 15 is 0 Å². The number of hydrogen-bond acceptors (Lipinski definition) is 6. The molecule has 3 heterocycles. The van der Waals surface area contributed by atoms with Crippen LogP contribution in [0.15, 0.2) is 67.8 Å². The fourth-order valence-corrected chi connectivity index (χ4v) is 6.60. The molecule has 0 bridgehead atoms. The molecule has 0 N–H and O–H groups in total. The van der Waals surface area contributed by atoms with Crippen molar-refractivity contribution in [2.45, 2.75) is 44.4 Å². The number of piperidine rings is 1. The van der Waals surface area contributed by atoms with Crippen molar-refractivity contribution in [2.75, 3.05) is 24.7 Å². The molecule has 1 aromatic heterocycles. The Labute approximate surface area is 226 Å². The number of aliphatic imine (C=N–C) groups is 1. The van der Waals surface area contributed by atoms with E-state index in [-0.39, 0.29) is 0 Å². The van der Waals surface area contributed by atoms with Crippen molar-refractivity contribution < 1.29 is 4.52 Å². The lowest BCUT2D eigenvalue weighted by Crippen LogP contribution is -2.44. The number of halogens is 2. The first-order chi connectivity index (χ1) is 18.1. The van der Waals surface area contributed by atoms with Crippen molar-refractivity contribution in [3.05, 3.63) is 75.0 Å². The van der Waals surface area contributed by atoms with Gasteiger partial charge in [0.1, 0.15) is 11.5 Å². The van der Waals surface area contributed by atoms with Crippen LogP contribution in [0.3, 0.4) is 0 Å². The molecule has 2 aromatic carbocycles. The second-order valence-electron chi connectivity index (χ2n) is 10.7. The van der Waals surface area contributed by atoms with Crippen molar-refractivity contribution in [3.8, 4) is 11.3 Å². The molecule has 37 heavy (non-hydrogen) atoms. The minimum absolute atomic E-state index is 0.392. The lowest BCUT2D eigenvalue weighted by Gasteiger charge is -2.50. The molecule has 2 aliphatic carbocycles. The number of hydrogen-bond donors (Lipinski definition) is 0. The first-order valence-corrected chi connectivity index (χ1v) is 13.7. The lowest BCUT2D eigenvalue weighted by atomic mass is 9.60. The summed E-state index contributed by atoms with van der Waals surface area (Å²) in [6.07, 6.45) is 9.26. The summed E-state index contributed by atoms with van der Waals surface area (Å²) in [6, 6.07) is 14.1. The summed E-state index contributed by atoms with van der Waals surface area (Å²) >= 11 is 13.1. The lowest BCUT2D eigenvalue weighted by molar-refractivity contribution is 0.155. The maximum absolute atomic E-state index is 6.54. The van der Waals surface area contributed by atoms with Gasteiger partial charge in [-0.3, -0.25) is 0 Å². The maximum Gasteiger partial charge on any atom is 0.178 e. The molecule has 1 saturated heterocycles. The molecule has 188 valence electrons. The predicted octanol–water partition coefficient (Wildman–Crippen LogP) is 8.16. The van der Waals surface area contributed by atoms with Gasteiger partial charge in [0.2, 0.25) is 0 Å². The summed E-state index contributed by atoms with van der Waals surface area (Å²) in [5.41, 5.74) is 6.76. The first kappa shape index (κ1) is 23.2. The van der Waals surface area contributed by atoms with E-state index in [0.717, 1.165) is 72.8 Å². The summed E-state index contributed by atoms with van der Waals surface area (Å²) in [5, 5.41) is 13.8. The fraction of sp³-hybridized carbons (Fsp3) is 0.379. The first-order valence-electron chi connectivity index (χ1n) is 13.0. The molecule has 0 radical (unpaired) electrons. The molecule has 8 heteroatoms. The number of aromatic nitrogens is 1. The third-order valence-electron chi connectivity index (χ3n) is 8.20. The van der Waals surface area contributed by atoms with Gasteiger partial charge in [-0.1, -0.05) is 52.1 Å². The predicted molar refractivity (Wildman–Crippen MR) is 148 cm³/mol. The van der Waals surface area contributed by atoms with Crippen molar-refractivity contribution in [1.82, 2.24) is 5.16 Å². The molecule has 3 fully saturated rings. The zero-order chi connectivity index (χ0) is 25.0. The molecule has 3 aromatic rings. The average Bonchev–Trinajstić information content (AvgIpc) is 3.41. The van der Waals surface area contributed by atoms with Crippen molar-refractivity contribution in [1.29, 1.82) is 0 Å². The van der Waals surface area contributed by atoms with E-state index in [0.29, 0.717) is 28.0 Å². The number of azo groups is 1. The molecule has 4 aliphatic rings. The largest absolute Gasteiger partial charge is 0.371 e. The molecular formula is C29H27Cl2N5O. The highest BCUT2D eigenvalue weighted by Crippen LogP contribution is 2.54. The van der Waals surface area contributed by atoms with E-state index in [1.807, 2.05) is 18.2 Å². The van der Waals surface area contributed by atoms with Crippen LogP contribution < -0.4 is 4.90 Å². The monoisotopic (exact) mass is 531 g/mol. The van der Waals surface area contributed by atoms with Gasteiger partial charge in [0, 0.05) is 41.4 Å². The van der Waals surface area contributed by atoms with Crippen molar-refractivity contribution >= 4 is 40.8 Å². The zero-order valence-electron chi connectivity index (χ0n) is 20.5. The van der Waals surface area contributed by atoms with Crippen LogP contribution in [-0.4, -0.2) is 30.8 Å². The van der Waals surface area contributed by atoms with Crippen LogP contribution in [0.1, 0.15) is 61.3 Å². The van der Waals surface area contributed by atoms with E-state index in [4.69, 9.17) is 27.7 Å². The Hall–Kier alpha value is -2.96. The maximum atomic E-state index is 6.54. The zero-order valence-corrected chi connectivity index (χ0v) is 22.0. The standard InChI is InChI=1S/C29H27Cl2N5O/c30-23-5-2-6-24(31)25(23)26-22(27(37-35-26)19-7-8-19)13-18-15-29(16-18)9-11-36(12-10-29)21-4-1-3-20(14-21)28-32-17-33-34-28/h1-6,13-14,19H,7-12,15-17H2. The highest BCUT2D eigenvalue weighted by molar-refractivity contribution is 6.39. The highest BCUT2D eigenvalue weighted by atomic mass is 35.5. The number of benzene rings is 2. The van der Waals surface area contributed by atoms with Gasteiger partial charge in [-0.05, 0) is 74.3 Å². The minimum atomic E-state index is 0.392. The van der Waals surface area contributed by atoms with Gasteiger partial charge in [-0.15, -0.1) is 5.11 Å². The quantitative estimate of drug-likeness (QED) is 0.333. The summed E-state index contributed by atoms with van der Waals surface area (Å²) in [5.74, 6) is 2.18. The number of nitrogens with zero attached hydrogens (tertiary/aromatic N) is 5. The SMILES string of the molecule is Clc1cccc(Cl)c1-c1noc(C2CC2)c1C=C1CC2(CCN(c3cccc(C4=NCN=N4)c3)CC2)C1. The van der Waals surface area contributed by atoms with Crippen LogP contribution in [-0.2, 0) is 0 Å². The van der Waals surface area contributed by atoms with Gasteiger partial charge in [-0.25, -0.2) is 4.99 Å². The molecule has 2 aliphatic heterocycles. The second-order valence-corrected chi connectivity index (χ2v) is 11.6. The summed E-state index contributed by atoms with van der Waals surface area (Å²) < 4.78 is 5.86. The number of anilines is 1. The highest BCUT2D eigenvalue weighted by Gasteiger charge is 2.43. The van der Waals surface area contributed by atoms with Gasteiger partial charge in [0.15, 0.2) is 12.5 Å². The van der Waals surface area contributed by atoms with Gasteiger partial charge in [-0.2, -0.15) is 5.11 Å². The molecule has 1 spiro atoms. The molecular weight excluding hydrogens is 505 g/mol. The Bertz CT molecular complexity index is 1430. The minimum Gasteiger partial charge on any atom is -0.371 e. The number of rotatable bonds is 5. The Balaban J connectivity index is 1.08. The molecule has 6 nitrogen and oxygen atoms in total.